The van der Waals surface area contributed by atoms with Gasteiger partial charge in [0.05, 0.1) is 10.0 Å². The van der Waals surface area contributed by atoms with E-state index in [0.717, 1.165) is 39.1 Å². The largest absolute Gasteiger partial charge is 0.338 e. The van der Waals surface area contributed by atoms with Crippen LogP contribution in [-0.2, 0) is 0 Å². The third-order valence-electron chi connectivity index (χ3n) is 6.11. The molecule has 0 N–H and O–H groups in total. The highest BCUT2D eigenvalue weighted by Gasteiger charge is 2.30. The van der Waals surface area contributed by atoms with Gasteiger partial charge in [-0.3, -0.25) is 4.79 Å². The lowest BCUT2D eigenvalue weighted by molar-refractivity contribution is 0.0782. The monoisotopic (exact) mass is 416 g/mol. The van der Waals surface area contributed by atoms with Crippen LogP contribution in [0.25, 0.3) is 0 Å². The zero-order valence-electron chi connectivity index (χ0n) is 16.0. The van der Waals surface area contributed by atoms with E-state index >= 15 is 0 Å². The maximum atomic E-state index is 12.8. The minimum Gasteiger partial charge on any atom is -0.338 e. The summed E-state index contributed by atoms with van der Waals surface area (Å²) in [5, 5.41) is 0.918. The van der Waals surface area contributed by atoms with Crippen molar-refractivity contribution in [1.29, 1.82) is 0 Å². The zero-order chi connectivity index (χ0) is 19.5. The van der Waals surface area contributed by atoms with Gasteiger partial charge in [0.2, 0.25) is 0 Å². The van der Waals surface area contributed by atoms with E-state index < -0.39 is 0 Å². The molecule has 0 unspecified atom stereocenters. The minimum absolute atomic E-state index is 0.0591. The van der Waals surface area contributed by atoms with Gasteiger partial charge in [0.1, 0.15) is 0 Å². The second-order valence-electron chi connectivity index (χ2n) is 8.02. The average Bonchev–Trinajstić information content (AvgIpc) is 3.19. The third-order valence-corrected chi connectivity index (χ3v) is 6.85. The molecule has 0 saturated carbocycles. The molecule has 0 radical (unpaired) electrons. The molecule has 0 bridgehead atoms. The van der Waals surface area contributed by atoms with Crippen molar-refractivity contribution in [2.45, 2.75) is 25.2 Å². The van der Waals surface area contributed by atoms with Gasteiger partial charge in [-0.05, 0) is 68.0 Å². The Labute approximate surface area is 177 Å². The molecule has 2 aromatic rings. The third kappa shape index (κ3) is 4.53. The van der Waals surface area contributed by atoms with Gasteiger partial charge >= 0.3 is 0 Å². The highest BCUT2D eigenvalue weighted by atomic mass is 35.5. The number of amides is 1. The maximum absolute atomic E-state index is 12.8. The van der Waals surface area contributed by atoms with Crippen LogP contribution < -0.4 is 0 Å². The van der Waals surface area contributed by atoms with Crippen molar-refractivity contribution in [2.24, 2.45) is 5.92 Å². The van der Waals surface area contributed by atoms with E-state index in [9.17, 15) is 4.79 Å². The molecule has 3 nitrogen and oxygen atoms in total. The molecule has 2 fully saturated rings. The van der Waals surface area contributed by atoms with Crippen LogP contribution in [-0.4, -0.2) is 48.4 Å². The first-order chi connectivity index (χ1) is 13.6. The van der Waals surface area contributed by atoms with E-state index in [1.165, 1.54) is 18.4 Å². The van der Waals surface area contributed by atoms with Gasteiger partial charge in [-0.25, -0.2) is 0 Å². The van der Waals surface area contributed by atoms with Crippen LogP contribution in [0.4, 0.5) is 0 Å². The van der Waals surface area contributed by atoms with E-state index in [-0.39, 0.29) is 5.91 Å². The van der Waals surface area contributed by atoms with Gasteiger partial charge in [-0.2, -0.15) is 0 Å². The van der Waals surface area contributed by atoms with Gasteiger partial charge in [0.15, 0.2) is 0 Å². The van der Waals surface area contributed by atoms with Crippen LogP contribution in [0, 0.1) is 5.92 Å². The maximum Gasteiger partial charge on any atom is 0.253 e. The number of hydrogen-bond donors (Lipinski definition) is 0. The number of halogens is 2. The Bertz CT molecular complexity index is 819. The molecule has 2 saturated heterocycles. The van der Waals surface area contributed by atoms with Crippen LogP contribution in [0.1, 0.15) is 41.1 Å². The van der Waals surface area contributed by atoms with Gasteiger partial charge in [0.25, 0.3) is 5.91 Å². The lowest BCUT2D eigenvalue weighted by atomic mass is 9.89. The van der Waals surface area contributed by atoms with Gasteiger partial charge in [-0.15, -0.1) is 0 Å². The smallest absolute Gasteiger partial charge is 0.253 e. The predicted octanol–water partition coefficient (Wildman–Crippen LogP) is 5.34. The van der Waals surface area contributed by atoms with Crippen LogP contribution in [0.2, 0.25) is 10.0 Å². The van der Waals surface area contributed by atoms with Crippen LogP contribution in [0.5, 0.6) is 0 Å². The van der Waals surface area contributed by atoms with Crippen LogP contribution >= 0.6 is 23.2 Å². The van der Waals surface area contributed by atoms with Gasteiger partial charge in [0, 0.05) is 25.2 Å². The number of hydrogen-bond acceptors (Lipinski definition) is 2. The Balaban J connectivity index is 1.27. The summed E-state index contributed by atoms with van der Waals surface area (Å²) in [6.07, 6.45) is 3.52. The molecule has 0 aromatic heterocycles. The van der Waals surface area contributed by atoms with E-state index in [4.69, 9.17) is 23.2 Å². The van der Waals surface area contributed by atoms with Gasteiger partial charge < -0.3 is 9.80 Å². The molecular weight excluding hydrogens is 391 g/mol. The summed E-state index contributed by atoms with van der Waals surface area (Å²) in [5.41, 5.74) is 2.10. The fourth-order valence-corrected chi connectivity index (χ4v) is 4.82. The molecule has 28 heavy (non-hydrogen) atoms. The fraction of sp³-hybridized carbons (Fsp3) is 0.435. The first kappa shape index (κ1) is 19.8. The lowest BCUT2D eigenvalue weighted by Gasteiger charge is -2.33. The molecule has 2 aliphatic rings. The summed E-state index contributed by atoms with van der Waals surface area (Å²) in [6, 6.07) is 16.0. The summed E-state index contributed by atoms with van der Waals surface area (Å²) in [7, 11) is 0. The van der Waals surface area contributed by atoms with Crippen molar-refractivity contribution < 1.29 is 4.79 Å². The molecule has 0 spiro atoms. The van der Waals surface area contributed by atoms with Crippen molar-refractivity contribution in [3.63, 3.8) is 0 Å². The second kappa shape index (κ2) is 8.86. The van der Waals surface area contributed by atoms with Crippen molar-refractivity contribution >= 4 is 29.1 Å². The van der Waals surface area contributed by atoms with E-state index in [2.05, 4.69) is 35.2 Å². The Morgan fingerprint density at radius 3 is 2.39 bits per heavy atom. The van der Waals surface area contributed by atoms with Crippen LogP contribution in [0.15, 0.2) is 48.5 Å². The van der Waals surface area contributed by atoms with Crippen LogP contribution in [0.3, 0.4) is 0 Å². The number of rotatable bonds is 4. The molecule has 0 aliphatic carbocycles. The van der Waals surface area contributed by atoms with Gasteiger partial charge in [-0.1, -0.05) is 53.5 Å². The topological polar surface area (TPSA) is 23.6 Å². The number of benzene rings is 2. The summed E-state index contributed by atoms with van der Waals surface area (Å²) >= 11 is 12.0. The standard InChI is InChI=1S/C23H26Cl2N2O/c24-21-7-6-20(14-22(21)25)23(28)27-13-8-17(16-27)15-26-11-9-19(10-12-26)18-4-2-1-3-5-18/h1-7,14,17,19H,8-13,15-16H2/t17-/m1/s1. The lowest BCUT2D eigenvalue weighted by Crippen LogP contribution is -2.37. The average molecular weight is 417 g/mol. The van der Waals surface area contributed by atoms with Crippen molar-refractivity contribution in [1.82, 2.24) is 9.80 Å². The Morgan fingerprint density at radius 2 is 1.68 bits per heavy atom. The molecule has 4 rings (SSSR count). The molecule has 2 aromatic carbocycles. The number of carbonyl (C=O) groups excluding carboxylic acids is 1. The van der Waals surface area contributed by atoms with Crippen molar-refractivity contribution in [3.05, 3.63) is 69.7 Å². The highest BCUT2D eigenvalue weighted by Crippen LogP contribution is 2.29. The molecule has 2 heterocycles. The number of piperidine rings is 1. The molecule has 1 atom stereocenters. The van der Waals surface area contributed by atoms with E-state index in [1.54, 1.807) is 18.2 Å². The highest BCUT2D eigenvalue weighted by molar-refractivity contribution is 6.42. The first-order valence-corrected chi connectivity index (χ1v) is 10.9. The summed E-state index contributed by atoms with van der Waals surface area (Å²) in [6.45, 7) is 5.04. The van der Waals surface area contributed by atoms with Crippen molar-refractivity contribution in [3.8, 4) is 0 Å². The molecule has 1 amide bonds. The number of likely N-dealkylation sites (tertiary alicyclic amines) is 2. The predicted molar refractivity (Wildman–Crippen MR) is 115 cm³/mol. The van der Waals surface area contributed by atoms with E-state index in [0.29, 0.717) is 27.4 Å². The molecule has 2 aliphatic heterocycles. The Morgan fingerprint density at radius 1 is 0.929 bits per heavy atom. The summed E-state index contributed by atoms with van der Waals surface area (Å²) in [4.78, 5) is 17.3. The second-order valence-corrected chi connectivity index (χ2v) is 8.83. The summed E-state index contributed by atoms with van der Waals surface area (Å²) < 4.78 is 0. The molecular formula is C23H26Cl2N2O. The number of nitrogens with zero attached hydrogens (tertiary/aromatic N) is 2. The fourth-order valence-electron chi connectivity index (χ4n) is 4.52. The normalized spacial score (nSPS) is 21.2. The quantitative estimate of drug-likeness (QED) is 0.671. The zero-order valence-corrected chi connectivity index (χ0v) is 17.5. The van der Waals surface area contributed by atoms with E-state index in [1.807, 2.05) is 4.90 Å². The first-order valence-electron chi connectivity index (χ1n) is 10.1. The number of carbonyl (C=O) groups is 1. The SMILES string of the molecule is O=C(c1ccc(Cl)c(Cl)c1)N1CC[C@H](CN2CCC(c3ccccc3)CC2)C1. The molecule has 5 heteroatoms. The molecule has 148 valence electrons. The summed E-state index contributed by atoms with van der Waals surface area (Å²) in [5.74, 6) is 1.30. The Kier molecular flexibility index (Phi) is 6.25. The Hall–Kier alpha value is -1.55. The van der Waals surface area contributed by atoms with Crippen molar-refractivity contribution in [2.75, 3.05) is 32.7 Å². The minimum atomic E-state index is 0.0591.